The van der Waals surface area contributed by atoms with Gasteiger partial charge in [-0.3, -0.25) is 14.4 Å². The van der Waals surface area contributed by atoms with Crippen molar-refractivity contribution in [2.75, 3.05) is 0 Å². The minimum absolute atomic E-state index is 0.105. The lowest BCUT2D eigenvalue weighted by atomic mass is 10.0. The summed E-state index contributed by atoms with van der Waals surface area (Å²) in [5.41, 5.74) is -1.05. The van der Waals surface area contributed by atoms with Crippen molar-refractivity contribution < 1.29 is 28.3 Å². The predicted octanol–water partition coefficient (Wildman–Crippen LogP) is 2.55. The van der Waals surface area contributed by atoms with E-state index < -0.39 is 46.6 Å². The minimum atomic E-state index is -1.79. The van der Waals surface area contributed by atoms with Crippen molar-refractivity contribution in [1.29, 1.82) is 0 Å². The Morgan fingerprint density at radius 1 is 0.964 bits per heavy atom. The number of carboxylic acid groups (broad SMARTS) is 1. The zero-order valence-electron chi connectivity index (χ0n) is 14.3. The molecule has 0 bridgehead atoms. The maximum absolute atomic E-state index is 14.0. The van der Waals surface area contributed by atoms with E-state index in [2.05, 4.69) is 0 Å². The Morgan fingerprint density at radius 3 is 2.25 bits per heavy atom. The lowest BCUT2D eigenvalue weighted by molar-refractivity contribution is -0.148. The number of para-hydroxylation sites is 1. The number of benzene rings is 2. The zero-order chi connectivity index (χ0) is 20.4. The number of nitrogens with zero attached hydrogens (tertiary/aromatic N) is 1. The quantitative estimate of drug-likeness (QED) is 0.400. The van der Waals surface area contributed by atoms with Gasteiger partial charge in [0.2, 0.25) is 5.78 Å². The van der Waals surface area contributed by atoms with Crippen LogP contribution in [0.15, 0.2) is 53.5 Å². The van der Waals surface area contributed by atoms with Gasteiger partial charge in [-0.1, -0.05) is 18.2 Å². The first-order chi connectivity index (χ1) is 13.3. The summed E-state index contributed by atoms with van der Waals surface area (Å²) in [7, 11) is 0. The molecule has 0 unspecified atom stereocenters. The summed E-state index contributed by atoms with van der Waals surface area (Å²) in [6.07, 6.45) is 0.102. The number of aromatic nitrogens is 1. The Kier molecular flexibility index (Phi) is 5.12. The van der Waals surface area contributed by atoms with E-state index in [4.69, 9.17) is 5.11 Å². The van der Waals surface area contributed by atoms with Gasteiger partial charge in [0.1, 0.15) is 11.6 Å². The van der Waals surface area contributed by atoms with Gasteiger partial charge in [0.05, 0.1) is 24.0 Å². The Balaban J connectivity index is 2.16. The number of carbonyl (C=O) groups excluding carboxylic acids is 2. The summed E-state index contributed by atoms with van der Waals surface area (Å²) in [4.78, 5) is 47.0. The third-order valence-electron chi connectivity index (χ3n) is 4.24. The van der Waals surface area contributed by atoms with E-state index in [1.165, 1.54) is 16.7 Å². The summed E-state index contributed by atoms with van der Waals surface area (Å²) in [6, 6.07) is 9.53. The molecule has 1 heterocycles. The average Bonchev–Trinajstić information content (AvgIpc) is 2.66. The molecule has 2 aromatic carbocycles. The molecule has 0 saturated heterocycles. The van der Waals surface area contributed by atoms with Crippen molar-refractivity contribution in [3.63, 3.8) is 0 Å². The molecule has 28 heavy (non-hydrogen) atoms. The molecule has 0 saturated carbocycles. The van der Waals surface area contributed by atoms with Gasteiger partial charge in [-0.15, -0.1) is 0 Å². The Bertz CT molecular complexity index is 1160. The predicted molar refractivity (Wildman–Crippen MR) is 95.3 cm³/mol. The highest BCUT2D eigenvalue weighted by Gasteiger charge is 2.22. The molecule has 1 N–H and O–H groups in total. The van der Waals surface area contributed by atoms with Crippen LogP contribution >= 0.6 is 0 Å². The molecule has 8 heteroatoms. The first-order valence-electron chi connectivity index (χ1n) is 8.14. The maximum Gasteiger partial charge on any atom is 0.372 e. The van der Waals surface area contributed by atoms with Crippen LogP contribution in [0.5, 0.6) is 0 Å². The third kappa shape index (κ3) is 3.57. The Hall–Kier alpha value is -3.68. The molecule has 1 aromatic heterocycles. The molecule has 0 aliphatic heterocycles. The standard InChI is InChI=1S/C20H13F2NO5/c21-14-5-3-6-15(22)12(14)9-23-10-13(17(24)8-18(25)20(27)28)19(26)11-4-1-2-7-16(11)23/h1-7,10H,8-9H2,(H,27,28). The fourth-order valence-electron chi connectivity index (χ4n) is 2.85. The number of carboxylic acids is 1. The highest BCUT2D eigenvalue weighted by atomic mass is 19.1. The second-order valence-electron chi connectivity index (χ2n) is 6.05. The van der Waals surface area contributed by atoms with Crippen LogP contribution < -0.4 is 5.43 Å². The first kappa shape index (κ1) is 19.1. The fourth-order valence-corrected chi connectivity index (χ4v) is 2.85. The molecule has 0 aliphatic rings. The monoisotopic (exact) mass is 385 g/mol. The average molecular weight is 385 g/mol. The highest BCUT2D eigenvalue weighted by Crippen LogP contribution is 2.18. The molecule has 6 nitrogen and oxygen atoms in total. The lowest BCUT2D eigenvalue weighted by Crippen LogP contribution is -2.24. The number of Topliss-reactive ketones (excluding diaryl/α,β-unsaturated/α-hetero) is 2. The first-order valence-corrected chi connectivity index (χ1v) is 8.14. The van der Waals surface area contributed by atoms with Gasteiger partial charge in [-0.25, -0.2) is 13.6 Å². The molecule has 142 valence electrons. The molecule has 0 fully saturated rings. The minimum Gasteiger partial charge on any atom is -0.475 e. The SMILES string of the molecule is O=C(O)C(=O)CC(=O)c1cn(Cc2c(F)cccc2F)c2ccccc2c1=O. The van der Waals surface area contributed by atoms with Crippen LogP contribution in [-0.4, -0.2) is 27.2 Å². The van der Waals surface area contributed by atoms with Gasteiger partial charge < -0.3 is 9.67 Å². The third-order valence-corrected chi connectivity index (χ3v) is 4.24. The molecular formula is C20H13F2NO5. The van der Waals surface area contributed by atoms with Crippen molar-refractivity contribution in [1.82, 2.24) is 4.57 Å². The van der Waals surface area contributed by atoms with Crippen LogP contribution in [0, 0.1) is 11.6 Å². The van der Waals surface area contributed by atoms with Gasteiger partial charge in [0.15, 0.2) is 11.2 Å². The Morgan fingerprint density at radius 2 is 1.61 bits per heavy atom. The summed E-state index contributed by atoms with van der Waals surface area (Å²) >= 11 is 0. The number of pyridine rings is 1. The Labute approximate surface area is 156 Å². The van der Waals surface area contributed by atoms with Crippen LogP contribution in [0.25, 0.3) is 10.9 Å². The number of hydrogen-bond donors (Lipinski definition) is 1. The van der Waals surface area contributed by atoms with E-state index in [1.807, 2.05) is 0 Å². The topological polar surface area (TPSA) is 93.4 Å². The lowest BCUT2D eigenvalue weighted by Gasteiger charge is -2.14. The molecule has 0 radical (unpaired) electrons. The van der Waals surface area contributed by atoms with E-state index in [0.717, 1.165) is 18.3 Å². The summed E-state index contributed by atoms with van der Waals surface area (Å²) in [5.74, 6) is -5.72. The number of rotatable bonds is 6. The van der Waals surface area contributed by atoms with Crippen molar-refractivity contribution in [3.8, 4) is 0 Å². The number of carbonyl (C=O) groups is 3. The second kappa shape index (κ2) is 7.51. The fraction of sp³-hybridized carbons (Fsp3) is 0.100. The molecule has 0 atom stereocenters. The van der Waals surface area contributed by atoms with E-state index in [0.29, 0.717) is 5.52 Å². The number of halogens is 2. The van der Waals surface area contributed by atoms with E-state index in [1.54, 1.807) is 18.2 Å². The van der Waals surface area contributed by atoms with Crippen LogP contribution in [0.4, 0.5) is 8.78 Å². The maximum atomic E-state index is 14.0. The normalized spacial score (nSPS) is 10.8. The molecule has 0 aliphatic carbocycles. The van der Waals surface area contributed by atoms with Crippen LogP contribution in [0.1, 0.15) is 22.3 Å². The number of aliphatic carboxylic acids is 1. The van der Waals surface area contributed by atoms with Crippen molar-refractivity contribution in [3.05, 3.63) is 81.6 Å². The largest absolute Gasteiger partial charge is 0.475 e. The molecule has 3 rings (SSSR count). The van der Waals surface area contributed by atoms with Crippen LogP contribution in [0.2, 0.25) is 0 Å². The number of hydrogen-bond acceptors (Lipinski definition) is 4. The van der Waals surface area contributed by atoms with Gasteiger partial charge in [0.25, 0.3) is 0 Å². The van der Waals surface area contributed by atoms with Crippen molar-refractivity contribution in [2.45, 2.75) is 13.0 Å². The van der Waals surface area contributed by atoms with Crippen molar-refractivity contribution >= 4 is 28.4 Å². The molecule has 0 spiro atoms. The zero-order valence-corrected chi connectivity index (χ0v) is 14.3. The van der Waals surface area contributed by atoms with E-state index in [9.17, 15) is 28.0 Å². The molecular weight excluding hydrogens is 372 g/mol. The van der Waals surface area contributed by atoms with Gasteiger partial charge >= 0.3 is 5.97 Å². The summed E-state index contributed by atoms with van der Waals surface area (Å²) in [5, 5.41) is 8.77. The van der Waals surface area contributed by atoms with E-state index >= 15 is 0 Å². The smallest absolute Gasteiger partial charge is 0.372 e. The summed E-state index contributed by atoms with van der Waals surface area (Å²) in [6.45, 7) is -0.313. The van der Waals surface area contributed by atoms with Crippen molar-refractivity contribution in [2.24, 2.45) is 0 Å². The van der Waals surface area contributed by atoms with Gasteiger partial charge in [-0.05, 0) is 24.3 Å². The highest BCUT2D eigenvalue weighted by molar-refractivity contribution is 6.37. The van der Waals surface area contributed by atoms with Crippen LogP contribution in [0.3, 0.4) is 0 Å². The number of fused-ring (bicyclic) bond motifs is 1. The van der Waals surface area contributed by atoms with Gasteiger partial charge in [0, 0.05) is 17.1 Å². The summed E-state index contributed by atoms with van der Waals surface area (Å²) < 4.78 is 29.4. The molecule has 0 amide bonds. The second-order valence-corrected chi connectivity index (χ2v) is 6.05. The van der Waals surface area contributed by atoms with Crippen LogP contribution in [-0.2, 0) is 16.1 Å². The van der Waals surface area contributed by atoms with Gasteiger partial charge in [-0.2, -0.15) is 0 Å². The molecule has 3 aromatic rings. The number of ketones is 2. The van der Waals surface area contributed by atoms with E-state index in [-0.39, 0.29) is 17.5 Å².